The van der Waals surface area contributed by atoms with Crippen LogP contribution in [0, 0.1) is 6.92 Å². The summed E-state index contributed by atoms with van der Waals surface area (Å²) in [5.74, 6) is 0. The summed E-state index contributed by atoms with van der Waals surface area (Å²) in [6.45, 7) is 13.5. The number of pyridine rings is 2. The first kappa shape index (κ1) is 18.7. The van der Waals surface area contributed by atoms with Crippen molar-refractivity contribution in [3.05, 3.63) is 59.2 Å². The van der Waals surface area contributed by atoms with Crippen molar-refractivity contribution in [1.29, 1.82) is 0 Å². The van der Waals surface area contributed by atoms with Gasteiger partial charge in [-0.15, -0.1) is 0 Å². The lowest BCUT2D eigenvalue weighted by Gasteiger charge is -2.25. The zero-order valence-corrected chi connectivity index (χ0v) is 18.0. The second kappa shape index (κ2) is 6.20. The molecular weight excluding hydrogens is 344 g/mol. The van der Waals surface area contributed by atoms with Crippen LogP contribution in [0.2, 0.25) is 0 Å². The Morgan fingerprint density at radius 2 is 1.71 bits per heavy atom. The van der Waals surface area contributed by atoms with Crippen LogP contribution >= 0.6 is 0 Å². The van der Waals surface area contributed by atoms with E-state index >= 15 is 0 Å². The minimum atomic E-state index is -0.0280. The molecule has 0 spiro atoms. The summed E-state index contributed by atoms with van der Waals surface area (Å²) in [4.78, 5) is 12.7. The maximum Gasteiger partial charge on any atom is 0.139 e. The molecule has 1 N–H and O–H groups in total. The number of aryl methyl sites for hydroxylation is 2. The van der Waals surface area contributed by atoms with Crippen molar-refractivity contribution in [3.8, 4) is 0 Å². The number of fused-ring (bicyclic) bond motifs is 2. The molecular formula is C24H30N4. The Morgan fingerprint density at radius 3 is 2.43 bits per heavy atom. The van der Waals surface area contributed by atoms with E-state index in [2.05, 4.69) is 87.7 Å². The van der Waals surface area contributed by atoms with E-state index in [1.165, 1.54) is 33.0 Å². The smallest absolute Gasteiger partial charge is 0.139 e. The van der Waals surface area contributed by atoms with Gasteiger partial charge in [0.1, 0.15) is 11.3 Å². The first-order chi connectivity index (χ1) is 13.1. The van der Waals surface area contributed by atoms with Gasteiger partial charge < -0.3 is 9.55 Å². The molecule has 4 nitrogen and oxygen atoms in total. The Kier molecular flexibility index (Phi) is 4.14. The molecule has 0 fully saturated rings. The maximum absolute atomic E-state index is 4.80. The number of hydrogen-bond donors (Lipinski definition) is 1. The van der Waals surface area contributed by atoms with Gasteiger partial charge in [-0.05, 0) is 58.6 Å². The predicted octanol–water partition coefficient (Wildman–Crippen LogP) is 5.58. The molecule has 4 aromatic rings. The topological polar surface area (TPSA) is 46.5 Å². The van der Waals surface area contributed by atoms with Crippen LogP contribution < -0.4 is 0 Å². The van der Waals surface area contributed by atoms with Crippen molar-refractivity contribution in [2.75, 3.05) is 0 Å². The van der Waals surface area contributed by atoms with E-state index in [9.17, 15) is 0 Å². The summed E-state index contributed by atoms with van der Waals surface area (Å²) in [5, 5.41) is 2.48. The monoisotopic (exact) mass is 374 g/mol. The molecule has 0 aliphatic heterocycles. The second-order valence-corrected chi connectivity index (χ2v) is 9.79. The lowest BCUT2D eigenvalue weighted by atomic mass is 9.79. The quantitative estimate of drug-likeness (QED) is 0.509. The summed E-state index contributed by atoms with van der Waals surface area (Å²) in [6, 6.07) is 4.56. The Balaban J connectivity index is 1.77. The van der Waals surface area contributed by atoms with Crippen LogP contribution in [0.1, 0.15) is 56.9 Å². The summed E-state index contributed by atoms with van der Waals surface area (Å²) in [6.07, 6.45) is 9.22. The van der Waals surface area contributed by atoms with Gasteiger partial charge in [-0.25, -0.2) is 9.97 Å². The molecule has 4 aromatic heterocycles. The van der Waals surface area contributed by atoms with E-state index in [4.69, 9.17) is 4.98 Å². The fourth-order valence-electron chi connectivity index (χ4n) is 4.27. The fourth-order valence-corrected chi connectivity index (χ4v) is 4.27. The molecule has 0 aromatic carbocycles. The molecule has 0 aliphatic carbocycles. The van der Waals surface area contributed by atoms with Crippen molar-refractivity contribution in [3.63, 3.8) is 0 Å². The number of aromatic nitrogens is 4. The molecule has 0 aliphatic rings. The molecule has 0 radical (unpaired) electrons. The second-order valence-electron chi connectivity index (χ2n) is 9.79. The number of H-pyrrole nitrogens is 1. The Hall–Kier alpha value is -2.62. The minimum absolute atomic E-state index is 0.0280. The summed E-state index contributed by atoms with van der Waals surface area (Å²) in [5.41, 5.74) is 7.19. The van der Waals surface area contributed by atoms with Crippen molar-refractivity contribution in [1.82, 2.24) is 19.5 Å². The molecule has 4 heterocycles. The van der Waals surface area contributed by atoms with Crippen molar-refractivity contribution in [2.45, 2.75) is 58.8 Å². The van der Waals surface area contributed by atoms with Crippen molar-refractivity contribution >= 4 is 22.1 Å². The van der Waals surface area contributed by atoms with Crippen LogP contribution in [-0.4, -0.2) is 19.5 Å². The van der Waals surface area contributed by atoms with E-state index in [-0.39, 0.29) is 10.8 Å². The maximum atomic E-state index is 4.80. The van der Waals surface area contributed by atoms with Gasteiger partial charge in [-0.1, -0.05) is 34.6 Å². The molecule has 0 saturated heterocycles. The van der Waals surface area contributed by atoms with Gasteiger partial charge in [0.05, 0.1) is 0 Å². The van der Waals surface area contributed by atoms with Gasteiger partial charge in [-0.2, -0.15) is 0 Å². The molecule has 0 amide bonds. The number of hydrogen-bond acceptors (Lipinski definition) is 2. The van der Waals surface area contributed by atoms with E-state index in [1.54, 1.807) is 0 Å². The SMILES string of the molecule is Cc1cnc2[nH]cc(C(C)(C)Cc3cnc4c(c3)c(C(C)(C)C)cn4C)c2c1. The van der Waals surface area contributed by atoms with E-state index < -0.39 is 0 Å². The lowest BCUT2D eigenvalue weighted by molar-refractivity contribution is 0.526. The van der Waals surface area contributed by atoms with Crippen LogP contribution in [-0.2, 0) is 24.3 Å². The summed E-state index contributed by atoms with van der Waals surface area (Å²) in [7, 11) is 2.08. The summed E-state index contributed by atoms with van der Waals surface area (Å²) < 4.78 is 2.14. The molecule has 0 saturated carbocycles. The third-order valence-electron chi connectivity index (χ3n) is 5.72. The van der Waals surface area contributed by atoms with Crippen molar-refractivity contribution < 1.29 is 0 Å². The van der Waals surface area contributed by atoms with Crippen LogP contribution in [0.25, 0.3) is 22.1 Å². The zero-order chi connectivity index (χ0) is 20.3. The zero-order valence-electron chi connectivity index (χ0n) is 18.0. The number of nitrogens with zero attached hydrogens (tertiary/aromatic N) is 3. The van der Waals surface area contributed by atoms with Gasteiger partial charge in [0.15, 0.2) is 0 Å². The van der Waals surface area contributed by atoms with Gasteiger partial charge in [-0.3, -0.25) is 0 Å². The Bertz CT molecular complexity index is 1170. The molecule has 0 atom stereocenters. The Labute approximate surface area is 167 Å². The molecule has 0 bridgehead atoms. The Morgan fingerprint density at radius 1 is 0.964 bits per heavy atom. The summed E-state index contributed by atoms with van der Waals surface area (Å²) >= 11 is 0. The third kappa shape index (κ3) is 3.11. The molecule has 4 rings (SSSR count). The lowest BCUT2D eigenvalue weighted by Crippen LogP contribution is -2.20. The van der Waals surface area contributed by atoms with Gasteiger partial charge in [0, 0.05) is 42.6 Å². The van der Waals surface area contributed by atoms with Gasteiger partial charge in [0.25, 0.3) is 0 Å². The first-order valence-corrected chi connectivity index (χ1v) is 9.95. The average molecular weight is 375 g/mol. The van der Waals surface area contributed by atoms with Gasteiger partial charge in [0.2, 0.25) is 0 Å². The third-order valence-corrected chi connectivity index (χ3v) is 5.72. The van der Waals surface area contributed by atoms with E-state index in [0.29, 0.717) is 0 Å². The molecule has 0 unspecified atom stereocenters. The highest BCUT2D eigenvalue weighted by Crippen LogP contribution is 2.35. The largest absolute Gasteiger partial charge is 0.346 e. The number of nitrogens with one attached hydrogen (secondary N) is 1. The number of aromatic amines is 1. The highest BCUT2D eigenvalue weighted by Gasteiger charge is 2.26. The van der Waals surface area contributed by atoms with Crippen LogP contribution in [0.3, 0.4) is 0 Å². The highest BCUT2D eigenvalue weighted by atomic mass is 15.0. The van der Waals surface area contributed by atoms with Crippen molar-refractivity contribution in [2.24, 2.45) is 7.05 Å². The fraction of sp³-hybridized carbons (Fsp3) is 0.417. The number of rotatable bonds is 3. The molecule has 4 heteroatoms. The molecule has 28 heavy (non-hydrogen) atoms. The molecule has 146 valence electrons. The predicted molar refractivity (Wildman–Crippen MR) is 117 cm³/mol. The van der Waals surface area contributed by atoms with Crippen LogP contribution in [0.15, 0.2) is 36.9 Å². The normalized spacial score (nSPS) is 13.0. The average Bonchev–Trinajstić information content (AvgIpc) is 3.15. The highest BCUT2D eigenvalue weighted by molar-refractivity contribution is 5.83. The van der Waals surface area contributed by atoms with Crippen LogP contribution in [0.5, 0.6) is 0 Å². The van der Waals surface area contributed by atoms with E-state index in [0.717, 1.165) is 17.7 Å². The standard InChI is InChI=1S/C24H30N4/c1-15-8-17-19(13-26-21(17)25-11-15)24(5,6)10-16-9-18-20(23(2,3)4)14-28(7)22(18)27-12-16/h8-9,11-14H,10H2,1-7H3,(H,25,26). The van der Waals surface area contributed by atoms with Gasteiger partial charge >= 0.3 is 0 Å². The van der Waals surface area contributed by atoms with E-state index in [1.807, 2.05) is 12.4 Å². The minimum Gasteiger partial charge on any atom is -0.346 e. The first-order valence-electron chi connectivity index (χ1n) is 9.95. The van der Waals surface area contributed by atoms with Crippen LogP contribution in [0.4, 0.5) is 0 Å².